The number of aromatic nitrogens is 1. The minimum Gasteiger partial charge on any atom is -0.475 e. The lowest BCUT2D eigenvalue weighted by molar-refractivity contribution is -0.192. The second kappa shape index (κ2) is 14.1. The molecule has 4 rings (SSSR count). The lowest BCUT2D eigenvalue weighted by Gasteiger charge is -2.31. The van der Waals surface area contributed by atoms with Crippen molar-refractivity contribution in [3.8, 4) is 0 Å². The number of hydrogen-bond acceptors (Lipinski definition) is 9. The van der Waals surface area contributed by atoms with Crippen LogP contribution in [0, 0.1) is 11.6 Å². The zero-order chi connectivity index (χ0) is 30.4. The highest BCUT2D eigenvalue weighted by Crippen LogP contribution is 2.32. The number of thiazole rings is 1. The fraction of sp³-hybridized carbons (Fsp3) is 0.542. The van der Waals surface area contributed by atoms with Crippen molar-refractivity contribution in [2.24, 2.45) is 0 Å². The molecular formula is C24H29F5N4O5S3. The summed E-state index contributed by atoms with van der Waals surface area (Å²) in [6.45, 7) is 0.808. The number of nitrogen functional groups attached to an aromatic ring is 1. The van der Waals surface area contributed by atoms with Gasteiger partial charge in [0.2, 0.25) is 15.8 Å². The van der Waals surface area contributed by atoms with Gasteiger partial charge in [-0.1, -0.05) is 30.2 Å². The van der Waals surface area contributed by atoms with Crippen LogP contribution in [0.15, 0.2) is 18.2 Å². The fourth-order valence-electron chi connectivity index (χ4n) is 4.34. The number of piperidine rings is 1. The van der Waals surface area contributed by atoms with Gasteiger partial charge in [0.1, 0.15) is 22.3 Å². The molecule has 9 nitrogen and oxygen atoms in total. The SMILES string of the molecule is Nc1nc(NC2CCN(S(=O)(=O)CCSC3CCCC3)CC2)sc1C(=O)c1c(F)cccc1F.O=C(O)C(F)(F)F. The summed E-state index contributed by atoms with van der Waals surface area (Å²) in [7, 11) is -3.29. The standard InChI is InChI=1S/C22H28F2N4O3S3.C2HF3O2/c23-16-6-3-7-17(24)18(16)19(29)20-21(25)27-22(33-20)26-14-8-10-28(11-9-14)34(30,31)13-12-32-15-4-1-2-5-15;3-2(4,5)1(6)7/h3,6-7,14-15H,1-2,4-5,8-13,25H2,(H,26,27);(H,6,7). The van der Waals surface area contributed by atoms with Gasteiger partial charge in [0.25, 0.3) is 0 Å². The molecule has 0 amide bonds. The van der Waals surface area contributed by atoms with E-state index in [0.717, 1.165) is 23.5 Å². The third-order valence-electron chi connectivity index (χ3n) is 6.46. The van der Waals surface area contributed by atoms with Gasteiger partial charge in [-0.15, -0.1) is 0 Å². The number of carbonyl (C=O) groups is 2. The number of thioether (sulfide) groups is 1. The van der Waals surface area contributed by atoms with Crippen LogP contribution in [0.25, 0.3) is 0 Å². The predicted octanol–water partition coefficient (Wildman–Crippen LogP) is 4.75. The first-order valence-corrected chi connectivity index (χ1v) is 16.1. The molecule has 1 aliphatic heterocycles. The molecule has 2 heterocycles. The van der Waals surface area contributed by atoms with Crippen LogP contribution in [0.4, 0.5) is 32.9 Å². The van der Waals surface area contributed by atoms with E-state index in [1.165, 1.54) is 31.7 Å². The summed E-state index contributed by atoms with van der Waals surface area (Å²) >= 11 is 2.71. The predicted molar refractivity (Wildman–Crippen MR) is 147 cm³/mol. The summed E-state index contributed by atoms with van der Waals surface area (Å²) in [4.78, 5) is 25.6. The van der Waals surface area contributed by atoms with E-state index in [9.17, 15) is 35.2 Å². The van der Waals surface area contributed by atoms with Crippen molar-refractivity contribution in [1.29, 1.82) is 0 Å². The van der Waals surface area contributed by atoms with E-state index in [-0.39, 0.29) is 22.5 Å². The Labute approximate surface area is 241 Å². The van der Waals surface area contributed by atoms with E-state index in [1.807, 2.05) is 0 Å². The minimum absolute atomic E-state index is 0.0359. The number of nitrogens with one attached hydrogen (secondary N) is 1. The summed E-state index contributed by atoms with van der Waals surface area (Å²) in [6, 6.07) is 3.17. The number of anilines is 2. The van der Waals surface area contributed by atoms with Crippen LogP contribution in [0.1, 0.15) is 53.8 Å². The van der Waals surface area contributed by atoms with E-state index in [4.69, 9.17) is 15.6 Å². The Morgan fingerprint density at radius 2 is 1.68 bits per heavy atom. The van der Waals surface area contributed by atoms with Crippen molar-refractivity contribution in [3.05, 3.63) is 40.3 Å². The average Bonchev–Trinajstić information content (AvgIpc) is 3.53. The molecule has 0 unspecified atom stereocenters. The fourth-order valence-corrected chi connectivity index (χ4v) is 8.50. The Hall–Kier alpha value is -2.50. The first-order valence-electron chi connectivity index (χ1n) is 12.6. The maximum atomic E-state index is 14.0. The molecule has 1 saturated heterocycles. The van der Waals surface area contributed by atoms with Gasteiger partial charge in [-0.2, -0.15) is 24.9 Å². The topological polar surface area (TPSA) is 143 Å². The molecule has 1 aromatic heterocycles. The number of ketones is 1. The lowest BCUT2D eigenvalue weighted by Crippen LogP contribution is -2.43. The van der Waals surface area contributed by atoms with Crippen molar-refractivity contribution < 1.29 is 45.1 Å². The normalized spacial score (nSPS) is 17.2. The molecule has 1 aliphatic carbocycles. The van der Waals surface area contributed by atoms with Gasteiger partial charge < -0.3 is 16.2 Å². The molecule has 41 heavy (non-hydrogen) atoms. The van der Waals surface area contributed by atoms with Crippen molar-refractivity contribution in [1.82, 2.24) is 9.29 Å². The smallest absolute Gasteiger partial charge is 0.475 e. The molecule has 0 spiro atoms. The van der Waals surface area contributed by atoms with Crippen LogP contribution in [-0.2, 0) is 14.8 Å². The average molecular weight is 645 g/mol. The Bertz CT molecular complexity index is 1310. The van der Waals surface area contributed by atoms with Gasteiger partial charge in [-0.05, 0) is 37.8 Å². The summed E-state index contributed by atoms with van der Waals surface area (Å²) in [5.74, 6) is -4.83. The Kier molecular flexibility index (Phi) is 11.4. The molecule has 1 saturated carbocycles. The Morgan fingerprint density at radius 1 is 1.12 bits per heavy atom. The number of rotatable bonds is 9. The Morgan fingerprint density at radius 3 is 2.22 bits per heavy atom. The monoisotopic (exact) mass is 644 g/mol. The van der Waals surface area contributed by atoms with Gasteiger partial charge in [0.15, 0.2) is 5.13 Å². The number of carbonyl (C=O) groups excluding carboxylic acids is 1. The second-order valence-corrected chi connectivity index (χ2v) is 13.9. The number of benzene rings is 1. The first-order chi connectivity index (χ1) is 19.2. The van der Waals surface area contributed by atoms with Crippen LogP contribution in [0.3, 0.4) is 0 Å². The number of carboxylic acids is 1. The van der Waals surface area contributed by atoms with E-state index < -0.39 is 45.2 Å². The van der Waals surface area contributed by atoms with Gasteiger partial charge in [-0.25, -0.2) is 31.3 Å². The second-order valence-electron chi connectivity index (χ2n) is 9.37. The molecule has 0 atom stereocenters. The number of hydrogen-bond donors (Lipinski definition) is 3. The van der Waals surface area contributed by atoms with Crippen LogP contribution in [0.2, 0.25) is 0 Å². The van der Waals surface area contributed by atoms with E-state index >= 15 is 0 Å². The third-order valence-corrected chi connectivity index (χ3v) is 11.0. The molecule has 0 bridgehead atoms. The maximum Gasteiger partial charge on any atom is 0.490 e. The van der Waals surface area contributed by atoms with Crippen LogP contribution in [0.5, 0.6) is 0 Å². The number of sulfonamides is 1. The minimum atomic E-state index is -5.08. The molecule has 2 aliphatic rings. The number of aliphatic carboxylic acids is 1. The third kappa shape index (κ3) is 9.24. The molecule has 17 heteroatoms. The zero-order valence-electron chi connectivity index (χ0n) is 21.6. The van der Waals surface area contributed by atoms with Crippen molar-refractivity contribution >= 4 is 55.8 Å². The number of halogens is 5. The van der Waals surface area contributed by atoms with Gasteiger partial charge in [0, 0.05) is 30.1 Å². The number of nitrogens with zero attached hydrogens (tertiary/aromatic N) is 2. The summed E-state index contributed by atoms with van der Waals surface area (Å²) < 4.78 is 86.7. The number of carboxylic acid groups (broad SMARTS) is 1. The van der Waals surface area contributed by atoms with Gasteiger partial charge in [-0.3, -0.25) is 4.79 Å². The van der Waals surface area contributed by atoms with Gasteiger partial charge >= 0.3 is 12.1 Å². The number of nitrogens with two attached hydrogens (primary N) is 1. The van der Waals surface area contributed by atoms with Crippen molar-refractivity contribution in [2.75, 3.05) is 35.6 Å². The molecule has 228 valence electrons. The quantitative estimate of drug-likeness (QED) is 0.260. The summed E-state index contributed by atoms with van der Waals surface area (Å²) in [5, 5.41) is 11.3. The molecule has 1 aromatic carbocycles. The molecule has 2 fully saturated rings. The molecule has 0 radical (unpaired) electrons. The zero-order valence-corrected chi connectivity index (χ0v) is 24.1. The van der Waals surface area contributed by atoms with E-state index in [1.54, 1.807) is 16.1 Å². The Balaban J connectivity index is 0.000000587. The summed E-state index contributed by atoms with van der Waals surface area (Å²) in [6.07, 6.45) is 0.938. The van der Waals surface area contributed by atoms with E-state index in [2.05, 4.69) is 10.3 Å². The number of alkyl halides is 3. The molecule has 4 N–H and O–H groups in total. The largest absolute Gasteiger partial charge is 0.490 e. The first kappa shape index (κ1) is 33.0. The highest BCUT2D eigenvalue weighted by atomic mass is 32.2. The lowest BCUT2D eigenvalue weighted by atomic mass is 10.1. The highest BCUT2D eigenvalue weighted by Gasteiger charge is 2.38. The maximum absolute atomic E-state index is 14.0. The van der Waals surface area contributed by atoms with Gasteiger partial charge in [0.05, 0.1) is 11.3 Å². The van der Waals surface area contributed by atoms with Crippen LogP contribution >= 0.6 is 23.1 Å². The summed E-state index contributed by atoms with van der Waals surface area (Å²) in [5.41, 5.74) is 5.20. The highest BCUT2D eigenvalue weighted by molar-refractivity contribution is 8.01. The van der Waals surface area contributed by atoms with Crippen molar-refractivity contribution in [3.63, 3.8) is 0 Å². The van der Waals surface area contributed by atoms with E-state index in [0.29, 0.717) is 42.1 Å². The van der Waals surface area contributed by atoms with Crippen LogP contribution in [-0.4, -0.2) is 76.6 Å². The van der Waals surface area contributed by atoms with Crippen molar-refractivity contribution in [2.45, 2.75) is 56.0 Å². The molecular weight excluding hydrogens is 615 g/mol. The molecule has 2 aromatic rings. The van der Waals surface area contributed by atoms with Crippen LogP contribution < -0.4 is 11.1 Å².